The minimum atomic E-state index is -0.258. The van der Waals surface area contributed by atoms with Gasteiger partial charge in [0.2, 0.25) is 0 Å². The van der Waals surface area contributed by atoms with Gasteiger partial charge < -0.3 is 14.7 Å². The number of carbonyl (C=O) groups excluding carboxylic acids is 1. The van der Waals surface area contributed by atoms with Crippen LogP contribution in [-0.2, 0) is 0 Å². The molecular formula is C23H29FN4O. The Morgan fingerprint density at radius 2 is 1.86 bits per heavy atom. The van der Waals surface area contributed by atoms with Gasteiger partial charge in [0.15, 0.2) is 0 Å². The van der Waals surface area contributed by atoms with Crippen molar-refractivity contribution in [2.45, 2.75) is 31.7 Å². The number of benzene rings is 1. The molecule has 1 unspecified atom stereocenters. The van der Waals surface area contributed by atoms with Crippen LogP contribution >= 0.6 is 0 Å². The summed E-state index contributed by atoms with van der Waals surface area (Å²) in [5.74, 6) is 0.546. The van der Waals surface area contributed by atoms with Gasteiger partial charge in [0.05, 0.1) is 6.04 Å². The summed E-state index contributed by atoms with van der Waals surface area (Å²) in [4.78, 5) is 24.6. The molecule has 5 nitrogen and oxygen atoms in total. The van der Waals surface area contributed by atoms with E-state index in [-0.39, 0.29) is 17.8 Å². The average molecular weight is 397 g/mol. The van der Waals surface area contributed by atoms with Gasteiger partial charge in [0.25, 0.3) is 5.91 Å². The van der Waals surface area contributed by atoms with Crippen molar-refractivity contribution in [3.8, 4) is 0 Å². The number of piperidine rings is 1. The zero-order valence-electron chi connectivity index (χ0n) is 17.1. The second-order valence-electron chi connectivity index (χ2n) is 8.09. The van der Waals surface area contributed by atoms with Gasteiger partial charge in [-0.05, 0) is 69.1 Å². The second-order valence-corrected chi connectivity index (χ2v) is 8.09. The van der Waals surface area contributed by atoms with Crippen molar-refractivity contribution >= 4 is 11.7 Å². The molecule has 2 aliphatic heterocycles. The third kappa shape index (κ3) is 4.58. The fourth-order valence-corrected chi connectivity index (χ4v) is 4.38. The van der Waals surface area contributed by atoms with Crippen molar-refractivity contribution in [1.29, 1.82) is 0 Å². The fourth-order valence-electron chi connectivity index (χ4n) is 4.38. The molecule has 0 radical (unpaired) electrons. The number of pyridine rings is 1. The van der Waals surface area contributed by atoms with E-state index in [1.165, 1.54) is 6.07 Å². The number of likely N-dealkylation sites (tertiary alicyclic amines) is 1. The molecular weight excluding hydrogens is 367 g/mol. The highest BCUT2D eigenvalue weighted by molar-refractivity contribution is 5.93. The third-order valence-electron chi connectivity index (χ3n) is 5.99. The van der Waals surface area contributed by atoms with E-state index in [1.807, 2.05) is 23.1 Å². The van der Waals surface area contributed by atoms with Crippen molar-refractivity contribution in [2.75, 3.05) is 44.7 Å². The quantitative estimate of drug-likeness (QED) is 0.793. The summed E-state index contributed by atoms with van der Waals surface area (Å²) in [6.07, 6.45) is 3.95. The minimum Gasteiger partial charge on any atom is -0.355 e. The average Bonchev–Trinajstić information content (AvgIpc) is 2.98. The Bertz CT molecular complexity index is 858. The maximum atomic E-state index is 13.8. The lowest BCUT2D eigenvalue weighted by Gasteiger charge is -2.36. The molecule has 2 aliphatic rings. The molecule has 2 saturated heterocycles. The van der Waals surface area contributed by atoms with Gasteiger partial charge in [0, 0.05) is 26.2 Å². The predicted molar refractivity (Wildman–Crippen MR) is 113 cm³/mol. The number of amides is 1. The lowest BCUT2D eigenvalue weighted by atomic mass is 9.94. The molecule has 0 saturated carbocycles. The van der Waals surface area contributed by atoms with E-state index >= 15 is 0 Å². The van der Waals surface area contributed by atoms with E-state index in [2.05, 4.69) is 16.8 Å². The number of rotatable bonds is 3. The molecule has 0 N–H and O–H groups in total. The van der Waals surface area contributed by atoms with Crippen LogP contribution in [0.1, 0.15) is 47.8 Å². The topological polar surface area (TPSA) is 39.7 Å². The summed E-state index contributed by atoms with van der Waals surface area (Å²) in [5.41, 5.74) is 1.34. The largest absolute Gasteiger partial charge is 0.355 e. The molecule has 0 aliphatic carbocycles. The third-order valence-corrected chi connectivity index (χ3v) is 5.99. The van der Waals surface area contributed by atoms with Gasteiger partial charge in [-0.25, -0.2) is 9.37 Å². The van der Waals surface area contributed by atoms with E-state index < -0.39 is 0 Å². The lowest BCUT2D eigenvalue weighted by Crippen LogP contribution is -2.39. The smallest absolute Gasteiger partial charge is 0.273 e. The van der Waals surface area contributed by atoms with Crippen LogP contribution in [-0.4, -0.2) is 60.5 Å². The van der Waals surface area contributed by atoms with E-state index in [0.717, 1.165) is 63.2 Å². The lowest BCUT2D eigenvalue weighted by molar-refractivity contribution is 0.0605. The number of carbonyl (C=O) groups is 1. The number of hydrogen-bond donors (Lipinski definition) is 0. The van der Waals surface area contributed by atoms with E-state index in [9.17, 15) is 9.18 Å². The van der Waals surface area contributed by atoms with Gasteiger partial charge in [-0.1, -0.05) is 18.2 Å². The van der Waals surface area contributed by atoms with Crippen LogP contribution in [0, 0.1) is 5.82 Å². The van der Waals surface area contributed by atoms with Gasteiger partial charge in [0.1, 0.15) is 17.3 Å². The molecule has 1 amide bonds. The first-order valence-corrected chi connectivity index (χ1v) is 10.6. The molecule has 29 heavy (non-hydrogen) atoms. The number of nitrogens with zero attached hydrogens (tertiary/aromatic N) is 4. The molecule has 1 atom stereocenters. The Morgan fingerprint density at radius 1 is 1.00 bits per heavy atom. The highest BCUT2D eigenvalue weighted by Crippen LogP contribution is 2.32. The predicted octanol–water partition coefficient (Wildman–Crippen LogP) is 3.73. The van der Waals surface area contributed by atoms with E-state index in [1.54, 1.807) is 18.2 Å². The van der Waals surface area contributed by atoms with Crippen LogP contribution in [0.3, 0.4) is 0 Å². The molecule has 4 rings (SSSR count). The first-order valence-electron chi connectivity index (χ1n) is 10.6. The second kappa shape index (κ2) is 8.91. The van der Waals surface area contributed by atoms with Gasteiger partial charge in [-0.15, -0.1) is 0 Å². The molecule has 2 aromatic rings. The standard InChI is InChI=1S/C23H29FN4O/c1-26-12-6-13-27(16-15-26)22-11-5-9-20(25-22)23(29)28-14-3-2-10-21(28)18-7-4-8-19(24)17-18/h4-5,7-9,11,17,21H,2-3,6,10,12-16H2,1H3. The Balaban J connectivity index is 1.56. The Labute approximate surface area is 172 Å². The highest BCUT2D eigenvalue weighted by atomic mass is 19.1. The number of anilines is 1. The molecule has 1 aromatic carbocycles. The van der Waals surface area contributed by atoms with Crippen LogP contribution in [0.2, 0.25) is 0 Å². The maximum absolute atomic E-state index is 13.8. The minimum absolute atomic E-state index is 0.0623. The zero-order valence-corrected chi connectivity index (χ0v) is 17.1. The van der Waals surface area contributed by atoms with Crippen LogP contribution in [0.5, 0.6) is 0 Å². The molecule has 2 fully saturated rings. The van der Waals surface area contributed by atoms with Crippen LogP contribution < -0.4 is 4.90 Å². The molecule has 0 bridgehead atoms. The first kappa shape index (κ1) is 19.8. The molecule has 0 spiro atoms. The summed E-state index contributed by atoms with van der Waals surface area (Å²) >= 11 is 0. The summed E-state index contributed by atoms with van der Waals surface area (Å²) in [5, 5.41) is 0. The van der Waals surface area contributed by atoms with E-state index in [0.29, 0.717) is 12.2 Å². The van der Waals surface area contributed by atoms with Gasteiger partial charge in [-0.2, -0.15) is 0 Å². The van der Waals surface area contributed by atoms with Crippen molar-refractivity contribution in [1.82, 2.24) is 14.8 Å². The molecule has 1 aromatic heterocycles. The number of hydrogen-bond acceptors (Lipinski definition) is 4. The van der Waals surface area contributed by atoms with E-state index in [4.69, 9.17) is 4.98 Å². The Kier molecular flexibility index (Phi) is 6.09. The maximum Gasteiger partial charge on any atom is 0.273 e. The number of likely N-dealkylation sites (N-methyl/N-ethyl adjacent to an activating group) is 1. The van der Waals surface area contributed by atoms with Crippen molar-refractivity contribution < 1.29 is 9.18 Å². The monoisotopic (exact) mass is 396 g/mol. The number of halogens is 1. The van der Waals surface area contributed by atoms with Crippen LogP contribution in [0.15, 0.2) is 42.5 Å². The van der Waals surface area contributed by atoms with Gasteiger partial charge in [-0.3, -0.25) is 4.79 Å². The van der Waals surface area contributed by atoms with Crippen LogP contribution in [0.4, 0.5) is 10.2 Å². The van der Waals surface area contributed by atoms with Gasteiger partial charge >= 0.3 is 0 Å². The van der Waals surface area contributed by atoms with Crippen molar-refractivity contribution in [2.24, 2.45) is 0 Å². The summed E-state index contributed by atoms with van der Waals surface area (Å²) in [7, 11) is 2.14. The molecule has 3 heterocycles. The Hall–Kier alpha value is -2.47. The van der Waals surface area contributed by atoms with Crippen molar-refractivity contribution in [3.63, 3.8) is 0 Å². The first-order chi connectivity index (χ1) is 14.1. The molecule has 6 heteroatoms. The summed E-state index contributed by atoms with van der Waals surface area (Å²) in [6, 6.07) is 12.2. The van der Waals surface area contributed by atoms with Crippen molar-refractivity contribution in [3.05, 3.63) is 59.5 Å². The SMILES string of the molecule is CN1CCCN(c2cccc(C(=O)N3CCCCC3c3cccc(F)c3)n2)CC1. The summed E-state index contributed by atoms with van der Waals surface area (Å²) in [6.45, 7) is 4.62. The summed E-state index contributed by atoms with van der Waals surface area (Å²) < 4.78 is 13.8. The van der Waals surface area contributed by atoms with Crippen LogP contribution in [0.25, 0.3) is 0 Å². The highest BCUT2D eigenvalue weighted by Gasteiger charge is 2.30. The Morgan fingerprint density at radius 3 is 2.72 bits per heavy atom. The zero-order chi connectivity index (χ0) is 20.2. The molecule has 154 valence electrons. The normalized spacial score (nSPS) is 21.1. The fraction of sp³-hybridized carbons (Fsp3) is 0.478. The number of aromatic nitrogens is 1.